The smallest absolute Gasteiger partial charge is 0.416 e. The third-order valence-corrected chi connectivity index (χ3v) is 8.48. The standard InChI is InChI=1S/C31H30F3N5O4/c1-16-14-39(11-10-35-16)15-18-3-2-17(12-22(18)31(32,33)34)30(41)38-27-26-21-13-19(4-6-23(21)43-28(26)27)42-24-8-9-36-29-20(24)5-7-25(40)37-29/h2-4,6,8-9,12-13,16,26-28,35H,5,7,10-11,14-15H2,1H3,(H,38,41)(H,36,37,40)/t16-,26+,27+,28+/m1/s1. The van der Waals surface area contributed by atoms with E-state index in [1.54, 1.807) is 24.4 Å². The first-order valence-electron chi connectivity index (χ1n) is 14.4. The third kappa shape index (κ3) is 5.40. The number of amides is 2. The summed E-state index contributed by atoms with van der Waals surface area (Å²) >= 11 is 0. The minimum Gasteiger partial charge on any atom is -0.487 e. The maximum atomic E-state index is 14.0. The predicted molar refractivity (Wildman–Crippen MR) is 150 cm³/mol. The van der Waals surface area contributed by atoms with Crippen LogP contribution in [-0.4, -0.2) is 59.5 Å². The van der Waals surface area contributed by atoms with E-state index in [9.17, 15) is 22.8 Å². The zero-order valence-electron chi connectivity index (χ0n) is 23.3. The minimum atomic E-state index is -4.58. The topological polar surface area (TPSA) is 105 Å². The van der Waals surface area contributed by atoms with Gasteiger partial charge in [-0.25, -0.2) is 4.98 Å². The van der Waals surface area contributed by atoms with Crippen molar-refractivity contribution < 1.29 is 32.2 Å². The first-order chi connectivity index (χ1) is 20.6. The number of hydrogen-bond donors (Lipinski definition) is 3. The van der Waals surface area contributed by atoms with E-state index >= 15 is 0 Å². The van der Waals surface area contributed by atoms with E-state index in [0.717, 1.165) is 23.7 Å². The van der Waals surface area contributed by atoms with E-state index in [2.05, 4.69) is 20.9 Å². The lowest BCUT2D eigenvalue weighted by Gasteiger charge is -2.32. The van der Waals surface area contributed by atoms with E-state index in [1.807, 2.05) is 17.9 Å². The van der Waals surface area contributed by atoms with Crippen LogP contribution < -0.4 is 25.4 Å². The quantitative estimate of drug-likeness (QED) is 0.393. The van der Waals surface area contributed by atoms with Crippen LogP contribution in [0.5, 0.6) is 17.2 Å². The predicted octanol–water partition coefficient (Wildman–Crippen LogP) is 4.23. The number of nitrogens with zero attached hydrogens (tertiary/aromatic N) is 2. The number of aromatic nitrogens is 1. The van der Waals surface area contributed by atoms with Gasteiger partial charge in [-0.05, 0) is 55.3 Å². The van der Waals surface area contributed by atoms with Crippen LogP contribution in [0.3, 0.4) is 0 Å². The normalized spacial score (nSPS) is 24.2. The zero-order valence-corrected chi connectivity index (χ0v) is 23.3. The van der Waals surface area contributed by atoms with Crippen LogP contribution in [-0.2, 0) is 23.9 Å². The second-order valence-electron chi connectivity index (χ2n) is 11.6. The van der Waals surface area contributed by atoms with Gasteiger partial charge in [-0.1, -0.05) is 6.07 Å². The van der Waals surface area contributed by atoms with Crippen LogP contribution in [0.2, 0.25) is 0 Å². The van der Waals surface area contributed by atoms with Gasteiger partial charge in [0.05, 0.1) is 17.5 Å². The van der Waals surface area contributed by atoms with Crippen LogP contribution in [0.4, 0.5) is 19.0 Å². The van der Waals surface area contributed by atoms with Crippen molar-refractivity contribution in [3.05, 3.63) is 76.5 Å². The highest BCUT2D eigenvalue weighted by atomic mass is 19.4. The molecule has 3 N–H and O–H groups in total. The zero-order chi connectivity index (χ0) is 29.9. The third-order valence-electron chi connectivity index (χ3n) is 8.48. The van der Waals surface area contributed by atoms with Crippen molar-refractivity contribution in [1.82, 2.24) is 20.5 Å². The molecule has 1 aromatic heterocycles. The van der Waals surface area contributed by atoms with Crippen LogP contribution in [0, 0.1) is 0 Å². The Morgan fingerprint density at radius 1 is 1.19 bits per heavy atom. The molecule has 9 nitrogen and oxygen atoms in total. The second kappa shape index (κ2) is 10.5. The van der Waals surface area contributed by atoms with Crippen molar-refractivity contribution >= 4 is 17.6 Å². The summed E-state index contributed by atoms with van der Waals surface area (Å²) in [5.74, 6) is 1.53. The van der Waals surface area contributed by atoms with Crippen LogP contribution >= 0.6 is 0 Å². The number of ether oxygens (including phenoxy) is 2. The molecule has 2 amide bonds. The number of carbonyl (C=O) groups excluding carboxylic acids is 2. The number of fused-ring (bicyclic) bond motifs is 4. The first kappa shape index (κ1) is 27.7. The summed E-state index contributed by atoms with van der Waals surface area (Å²) < 4.78 is 54.3. The number of halogens is 3. The Morgan fingerprint density at radius 3 is 2.86 bits per heavy atom. The highest BCUT2D eigenvalue weighted by molar-refractivity contribution is 5.95. The van der Waals surface area contributed by atoms with Crippen LogP contribution in [0.25, 0.3) is 0 Å². The van der Waals surface area contributed by atoms with Gasteiger partial charge in [0, 0.05) is 61.5 Å². The fraction of sp³-hybridized carbons (Fsp3) is 0.387. The number of nitrogens with one attached hydrogen (secondary N) is 3. The molecule has 1 aliphatic carbocycles. The number of piperazine rings is 1. The van der Waals surface area contributed by atoms with Gasteiger partial charge < -0.3 is 25.4 Å². The highest BCUT2D eigenvalue weighted by Crippen LogP contribution is 2.54. The lowest BCUT2D eigenvalue weighted by molar-refractivity contribution is -0.138. The fourth-order valence-corrected chi connectivity index (χ4v) is 6.31. The van der Waals surface area contributed by atoms with Crippen molar-refractivity contribution in [3.8, 4) is 17.2 Å². The SMILES string of the molecule is C[C@@H]1CN(Cc2ccc(C(=O)N[C@@H]3[C@H]4Oc5ccc(Oc6ccnc7c6CCC(=O)N7)cc5[C@@H]34)cc2C(F)(F)F)CCN1. The second-order valence-corrected chi connectivity index (χ2v) is 11.6. The van der Waals surface area contributed by atoms with Gasteiger partial charge >= 0.3 is 6.18 Å². The molecule has 4 aliphatic rings. The number of carbonyl (C=O) groups is 2. The summed E-state index contributed by atoms with van der Waals surface area (Å²) in [6.07, 6.45) is -2.45. The monoisotopic (exact) mass is 593 g/mol. The molecule has 2 fully saturated rings. The Hall–Kier alpha value is -4.16. The largest absolute Gasteiger partial charge is 0.487 e. The van der Waals surface area contributed by atoms with Gasteiger partial charge in [-0.3, -0.25) is 14.5 Å². The van der Waals surface area contributed by atoms with Gasteiger partial charge in [0.2, 0.25) is 5.91 Å². The highest BCUT2D eigenvalue weighted by Gasteiger charge is 2.59. The summed E-state index contributed by atoms with van der Waals surface area (Å²) in [5, 5.41) is 8.92. The number of alkyl halides is 3. The Kier molecular flexibility index (Phi) is 6.77. The average molecular weight is 594 g/mol. The molecule has 2 aromatic carbocycles. The molecule has 0 bridgehead atoms. The average Bonchev–Trinajstić information content (AvgIpc) is 3.48. The molecule has 12 heteroatoms. The lowest BCUT2D eigenvalue weighted by atomic mass is 10.0. The molecule has 3 aliphatic heterocycles. The summed E-state index contributed by atoms with van der Waals surface area (Å²) in [5.41, 5.74) is 1.01. The number of benzene rings is 2. The van der Waals surface area contributed by atoms with Crippen molar-refractivity contribution in [2.24, 2.45) is 0 Å². The van der Waals surface area contributed by atoms with Crippen LogP contribution in [0.1, 0.15) is 51.9 Å². The van der Waals surface area contributed by atoms with Gasteiger partial charge in [-0.2, -0.15) is 13.2 Å². The van der Waals surface area contributed by atoms with E-state index in [0.29, 0.717) is 49.0 Å². The summed E-state index contributed by atoms with van der Waals surface area (Å²) in [7, 11) is 0. The Labute approximate surface area is 245 Å². The molecular weight excluding hydrogens is 563 g/mol. The number of hydrogen-bond acceptors (Lipinski definition) is 7. The molecule has 4 heterocycles. The molecule has 0 unspecified atom stereocenters. The van der Waals surface area contributed by atoms with Gasteiger partial charge in [0.1, 0.15) is 29.2 Å². The van der Waals surface area contributed by atoms with E-state index in [-0.39, 0.29) is 47.7 Å². The van der Waals surface area contributed by atoms with Gasteiger partial charge in [-0.15, -0.1) is 0 Å². The summed E-state index contributed by atoms with van der Waals surface area (Å²) in [6.45, 7) is 4.20. The molecule has 4 atom stereocenters. The van der Waals surface area contributed by atoms with Crippen molar-refractivity contribution in [2.75, 3.05) is 25.0 Å². The number of pyridine rings is 1. The molecule has 0 radical (unpaired) electrons. The molecule has 1 saturated heterocycles. The molecule has 224 valence electrons. The Balaban J connectivity index is 1.05. The molecule has 43 heavy (non-hydrogen) atoms. The number of rotatable bonds is 6. The maximum Gasteiger partial charge on any atom is 0.416 e. The van der Waals surface area contributed by atoms with E-state index in [4.69, 9.17) is 9.47 Å². The Bertz CT molecular complexity index is 1610. The maximum absolute atomic E-state index is 14.0. The molecular formula is C31H30F3N5O4. The van der Waals surface area contributed by atoms with Gasteiger partial charge in [0.25, 0.3) is 5.91 Å². The summed E-state index contributed by atoms with van der Waals surface area (Å²) in [4.78, 5) is 31.1. The molecule has 1 saturated carbocycles. The first-order valence-corrected chi connectivity index (χ1v) is 14.4. The van der Waals surface area contributed by atoms with Crippen molar-refractivity contribution in [1.29, 1.82) is 0 Å². The van der Waals surface area contributed by atoms with E-state index < -0.39 is 17.6 Å². The lowest BCUT2D eigenvalue weighted by Crippen LogP contribution is -2.48. The van der Waals surface area contributed by atoms with Crippen molar-refractivity contribution in [3.63, 3.8) is 0 Å². The van der Waals surface area contributed by atoms with Gasteiger partial charge in [0.15, 0.2) is 0 Å². The van der Waals surface area contributed by atoms with Crippen molar-refractivity contribution in [2.45, 2.75) is 56.6 Å². The van der Waals surface area contributed by atoms with Crippen LogP contribution in [0.15, 0.2) is 48.7 Å². The molecule has 0 spiro atoms. The van der Waals surface area contributed by atoms with E-state index in [1.165, 1.54) is 12.1 Å². The fourth-order valence-electron chi connectivity index (χ4n) is 6.31. The molecule has 3 aromatic rings. The summed E-state index contributed by atoms with van der Waals surface area (Å²) in [6, 6.07) is 10.8. The molecule has 7 rings (SSSR count). The Morgan fingerprint density at radius 2 is 2.05 bits per heavy atom. The minimum absolute atomic E-state index is 0.0402. The number of anilines is 1.